The van der Waals surface area contributed by atoms with Gasteiger partial charge >= 0.3 is 0 Å². The fourth-order valence-corrected chi connectivity index (χ4v) is 3.71. The third-order valence-corrected chi connectivity index (χ3v) is 4.68. The van der Waals surface area contributed by atoms with Crippen LogP contribution in [0.3, 0.4) is 0 Å². The second kappa shape index (κ2) is 5.92. The highest BCUT2D eigenvalue weighted by Gasteiger charge is 2.44. The molecule has 2 aliphatic rings. The van der Waals surface area contributed by atoms with E-state index in [1.54, 1.807) is 7.11 Å². The van der Waals surface area contributed by atoms with Gasteiger partial charge in [0.15, 0.2) is 5.78 Å². The molecule has 21 heavy (non-hydrogen) atoms. The van der Waals surface area contributed by atoms with E-state index in [2.05, 4.69) is 0 Å². The maximum Gasteiger partial charge on any atom is 0.170 e. The topological polar surface area (TPSA) is 35.5 Å². The Morgan fingerprint density at radius 3 is 2.62 bits per heavy atom. The molecule has 3 heteroatoms. The largest absolute Gasteiger partial charge is 0.496 e. The van der Waals surface area contributed by atoms with Crippen LogP contribution in [0.15, 0.2) is 24.3 Å². The molecule has 0 heterocycles. The van der Waals surface area contributed by atoms with Crippen molar-refractivity contribution in [1.82, 2.24) is 0 Å². The van der Waals surface area contributed by atoms with Crippen LogP contribution < -0.4 is 9.47 Å². The fraction of sp³-hybridized carbons (Fsp3) is 0.500. The number of ketones is 1. The molecule has 0 N–H and O–H groups in total. The highest BCUT2D eigenvalue weighted by atomic mass is 16.5. The first kappa shape index (κ1) is 14.2. The summed E-state index contributed by atoms with van der Waals surface area (Å²) in [5.41, 5.74) is 1.86. The third kappa shape index (κ3) is 2.35. The van der Waals surface area contributed by atoms with Gasteiger partial charge in [0.25, 0.3) is 0 Å². The Bertz CT molecular complexity index is 574. The molecule has 0 amide bonds. The zero-order valence-corrected chi connectivity index (χ0v) is 12.7. The molecule has 2 aliphatic carbocycles. The lowest BCUT2D eigenvalue weighted by atomic mass is 9.79. The van der Waals surface area contributed by atoms with E-state index in [4.69, 9.17) is 9.47 Å². The summed E-state index contributed by atoms with van der Waals surface area (Å²) >= 11 is 0. The molecule has 0 unspecified atom stereocenters. The fourth-order valence-electron chi connectivity index (χ4n) is 3.71. The molecule has 1 saturated carbocycles. The van der Waals surface area contributed by atoms with Crippen molar-refractivity contribution >= 4 is 5.78 Å². The molecule has 0 aromatic heterocycles. The zero-order valence-electron chi connectivity index (χ0n) is 12.7. The van der Waals surface area contributed by atoms with Gasteiger partial charge in [-0.05, 0) is 37.8 Å². The molecule has 1 aromatic rings. The molecule has 3 nitrogen and oxygen atoms in total. The lowest BCUT2D eigenvalue weighted by Gasteiger charge is -2.25. The number of rotatable bonds is 4. The Balaban J connectivity index is 2.04. The Labute approximate surface area is 125 Å². The second-order valence-corrected chi connectivity index (χ2v) is 5.80. The van der Waals surface area contributed by atoms with Crippen molar-refractivity contribution in [2.75, 3.05) is 13.7 Å². The normalized spacial score (nSPS) is 24.0. The maximum absolute atomic E-state index is 12.8. The average Bonchev–Trinajstić information content (AvgIpc) is 2.82. The van der Waals surface area contributed by atoms with Gasteiger partial charge in [0.05, 0.1) is 12.7 Å². The van der Waals surface area contributed by atoms with Gasteiger partial charge in [0, 0.05) is 11.5 Å². The Morgan fingerprint density at radius 2 is 1.90 bits per heavy atom. The van der Waals surface area contributed by atoms with Gasteiger partial charge in [-0.15, -0.1) is 0 Å². The van der Waals surface area contributed by atoms with Gasteiger partial charge in [-0.3, -0.25) is 4.79 Å². The number of hydrogen-bond acceptors (Lipinski definition) is 3. The van der Waals surface area contributed by atoms with E-state index < -0.39 is 0 Å². The third-order valence-electron chi connectivity index (χ3n) is 4.68. The van der Waals surface area contributed by atoms with Crippen LogP contribution in [0.5, 0.6) is 11.5 Å². The summed E-state index contributed by atoms with van der Waals surface area (Å²) in [5.74, 6) is 2.26. The highest BCUT2D eigenvalue weighted by Crippen LogP contribution is 2.52. The quantitative estimate of drug-likeness (QED) is 0.781. The SMILES string of the molecule is CC=CCOc1ccc(OC)c2c1C(=O)[C@H]1CCCC[C@H]21. The van der Waals surface area contributed by atoms with Gasteiger partial charge in [0.1, 0.15) is 18.1 Å². The highest BCUT2D eigenvalue weighted by molar-refractivity contribution is 6.06. The molecule has 0 saturated heterocycles. The summed E-state index contributed by atoms with van der Waals surface area (Å²) in [4.78, 5) is 12.8. The minimum Gasteiger partial charge on any atom is -0.496 e. The maximum atomic E-state index is 12.8. The predicted molar refractivity (Wildman–Crippen MR) is 82.3 cm³/mol. The van der Waals surface area contributed by atoms with Crippen LogP contribution >= 0.6 is 0 Å². The molecule has 2 atom stereocenters. The number of fused-ring (bicyclic) bond motifs is 3. The molecular formula is C18H22O3. The van der Waals surface area contributed by atoms with E-state index in [0.29, 0.717) is 18.3 Å². The summed E-state index contributed by atoms with van der Waals surface area (Å²) in [7, 11) is 1.68. The second-order valence-electron chi connectivity index (χ2n) is 5.80. The van der Waals surface area contributed by atoms with Gasteiger partial charge in [-0.2, -0.15) is 0 Å². The zero-order chi connectivity index (χ0) is 14.8. The van der Waals surface area contributed by atoms with Gasteiger partial charge in [-0.1, -0.05) is 25.0 Å². The first-order valence-corrected chi connectivity index (χ1v) is 7.77. The van der Waals surface area contributed by atoms with Crippen LogP contribution in [0, 0.1) is 5.92 Å². The number of carbonyl (C=O) groups is 1. The molecule has 0 spiro atoms. The Morgan fingerprint density at radius 1 is 1.19 bits per heavy atom. The first-order valence-electron chi connectivity index (χ1n) is 7.77. The summed E-state index contributed by atoms with van der Waals surface area (Å²) in [6.07, 6.45) is 8.32. The Kier molecular flexibility index (Phi) is 4.00. The van der Waals surface area contributed by atoms with Crippen molar-refractivity contribution < 1.29 is 14.3 Å². The number of methoxy groups -OCH3 is 1. The van der Waals surface area contributed by atoms with Crippen molar-refractivity contribution in [3.05, 3.63) is 35.4 Å². The van der Waals surface area contributed by atoms with Crippen LogP contribution in [-0.2, 0) is 0 Å². The minimum atomic E-state index is 0.133. The van der Waals surface area contributed by atoms with Crippen molar-refractivity contribution in [1.29, 1.82) is 0 Å². The average molecular weight is 286 g/mol. The molecule has 1 fully saturated rings. The summed E-state index contributed by atoms with van der Waals surface area (Å²) in [5, 5.41) is 0. The van der Waals surface area contributed by atoms with Crippen LogP contribution in [-0.4, -0.2) is 19.5 Å². The predicted octanol–water partition coefficient (Wildman–Crippen LogP) is 4.12. The minimum absolute atomic E-state index is 0.133. The number of ether oxygens (including phenoxy) is 2. The standard InChI is InChI=1S/C18H22O3/c1-3-4-11-21-15-10-9-14(20-2)16-12-7-5-6-8-13(12)18(19)17(15)16/h3-4,9-10,12-13H,5-8,11H2,1-2H3/t12-,13-/m0/s1. The van der Waals surface area contributed by atoms with Crippen molar-refractivity contribution in [3.8, 4) is 11.5 Å². The first-order chi connectivity index (χ1) is 10.3. The van der Waals surface area contributed by atoms with Crippen molar-refractivity contribution in [3.63, 3.8) is 0 Å². The van der Waals surface area contributed by atoms with Crippen LogP contribution in [0.4, 0.5) is 0 Å². The summed E-state index contributed by atoms with van der Waals surface area (Å²) in [6, 6.07) is 3.81. The van der Waals surface area contributed by atoms with E-state index in [0.717, 1.165) is 36.1 Å². The number of Topliss-reactive ketones (excluding diaryl/α,β-unsaturated/α-hetero) is 1. The van der Waals surface area contributed by atoms with Crippen LogP contribution in [0.2, 0.25) is 0 Å². The Hall–Kier alpha value is -1.77. The van der Waals surface area contributed by atoms with E-state index >= 15 is 0 Å². The summed E-state index contributed by atoms with van der Waals surface area (Å²) < 4.78 is 11.3. The molecule has 3 rings (SSSR count). The molecule has 0 aliphatic heterocycles. The van der Waals surface area contributed by atoms with E-state index in [-0.39, 0.29) is 11.7 Å². The van der Waals surface area contributed by atoms with Gasteiger partial charge < -0.3 is 9.47 Å². The number of benzene rings is 1. The van der Waals surface area contributed by atoms with Crippen molar-refractivity contribution in [2.24, 2.45) is 5.92 Å². The van der Waals surface area contributed by atoms with Crippen LogP contribution in [0.1, 0.15) is 54.4 Å². The molecule has 0 bridgehead atoms. The van der Waals surface area contributed by atoms with Gasteiger partial charge in [0.2, 0.25) is 0 Å². The lowest BCUT2D eigenvalue weighted by Crippen LogP contribution is -2.17. The molecule has 1 aromatic carbocycles. The van der Waals surface area contributed by atoms with Gasteiger partial charge in [-0.25, -0.2) is 0 Å². The lowest BCUT2D eigenvalue weighted by molar-refractivity contribution is 0.0895. The van der Waals surface area contributed by atoms with Crippen LogP contribution in [0.25, 0.3) is 0 Å². The molecule has 0 radical (unpaired) electrons. The number of allylic oxidation sites excluding steroid dienone is 1. The molecule has 112 valence electrons. The van der Waals surface area contributed by atoms with E-state index in [1.165, 1.54) is 6.42 Å². The number of carbonyl (C=O) groups excluding carboxylic acids is 1. The smallest absolute Gasteiger partial charge is 0.170 e. The number of hydrogen-bond donors (Lipinski definition) is 0. The van der Waals surface area contributed by atoms with E-state index in [9.17, 15) is 4.79 Å². The van der Waals surface area contributed by atoms with Crippen molar-refractivity contribution in [2.45, 2.75) is 38.5 Å². The monoisotopic (exact) mass is 286 g/mol. The molecular weight excluding hydrogens is 264 g/mol. The van der Waals surface area contributed by atoms with E-state index in [1.807, 2.05) is 31.2 Å². The summed E-state index contributed by atoms with van der Waals surface area (Å²) in [6.45, 7) is 2.46.